The van der Waals surface area contributed by atoms with E-state index in [2.05, 4.69) is 25.3 Å². The van der Waals surface area contributed by atoms with Gasteiger partial charge in [-0.3, -0.25) is 0 Å². The fraction of sp³-hybridized carbons (Fsp3) is 0.188. The van der Waals surface area contributed by atoms with Crippen LogP contribution in [0.25, 0.3) is 17.2 Å². The predicted molar refractivity (Wildman–Crippen MR) is 87.6 cm³/mol. The number of fused-ring (bicyclic) bond motifs is 1. The molecule has 4 aromatic rings. The van der Waals surface area contributed by atoms with Gasteiger partial charge in [-0.05, 0) is 26.0 Å². The van der Waals surface area contributed by atoms with Crippen molar-refractivity contribution in [2.45, 2.75) is 31.0 Å². The van der Waals surface area contributed by atoms with E-state index in [4.69, 9.17) is 4.42 Å². The van der Waals surface area contributed by atoms with Crippen LogP contribution in [0.5, 0.6) is 0 Å². The average Bonchev–Trinajstić information content (AvgIpc) is 3.14. The third-order valence-electron chi connectivity index (χ3n) is 3.47. The van der Waals surface area contributed by atoms with Gasteiger partial charge in [0.25, 0.3) is 5.22 Å². The van der Waals surface area contributed by atoms with Crippen LogP contribution < -0.4 is 4.52 Å². The summed E-state index contributed by atoms with van der Waals surface area (Å²) in [7, 11) is 0. The van der Waals surface area contributed by atoms with Crippen molar-refractivity contribution in [2.24, 2.45) is 0 Å². The molecule has 0 unspecified atom stereocenters. The minimum atomic E-state index is 0.470. The first-order chi connectivity index (χ1) is 11.6. The summed E-state index contributed by atoms with van der Waals surface area (Å²) in [4.78, 5) is 8.75. The second-order valence-electron chi connectivity index (χ2n) is 5.52. The number of aryl methyl sites for hydroxylation is 3. The summed E-state index contributed by atoms with van der Waals surface area (Å²) in [6, 6.07) is 9.93. The Bertz CT molecular complexity index is 1020. The molecule has 0 amide bonds. The molecule has 120 valence electrons. The lowest BCUT2D eigenvalue weighted by molar-refractivity contribution is -0.620. The summed E-state index contributed by atoms with van der Waals surface area (Å²) in [5.74, 6) is 1.92. The SMILES string of the molecule is Cc1ccc(-c2nnc(Sc3cc(C)nc4nc(C)[nH][n+]34)o2)cc1. The topological polar surface area (TPSA) is 84.6 Å². The quantitative estimate of drug-likeness (QED) is 0.456. The molecule has 0 fully saturated rings. The number of hydrogen-bond donors (Lipinski definition) is 1. The van der Waals surface area contributed by atoms with Crippen molar-refractivity contribution >= 4 is 17.5 Å². The number of rotatable bonds is 3. The van der Waals surface area contributed by atoms with Gasteiger partial charge in [-0.1, -0.05) is 27.7 Å². The van der Waals surface area contributed by atoms with Crippen molar-refractivity contribution in [1.29, 1.82) is 0 Å². The summed E-state index contributed by atoms with van der Waals surface area (Å²) < 4.78 is 7.59. The second kappa shape index (κ2) is 5.72. The van der Waals surface area contributed by atoms with Gasteiger partial charge < -0.3 is 4.42 Å². The van der Waals surface area contributed by atoms with Gasteiger partial charge in [0.05, 0.1) is 0 Å². The van der Waals surface area contributed by atoms with Gasteiger partial charge >= 0.3 is 5.78 Å². The highest BCUT2D eigenvalue weighted by Crippen LogP contribution is 2.27. The molecule has 3 aromatic heterocycles. The van der Waals surface area contributed by atoms with Gasteiger partial charge in [0.2, 0.25) is 11.7 Å². The molecule has 0 aliphatic rings. The summed E-state index contributed by atoms with van der Waals surface area (Å²) in [6.07, 6.45) is 0. The standard InChI is InChI=1S/C16H14N6OS/c1-9-4-6-12(7-5-9)14-19-20-16(23-14)24-13-8-10(2)17-15-18-11(3)21-22(13)15/h4-8H,1-3H3/p+1. The van der Waals surface area contributed by atoms with E-state index in [1.54, 1.807) is 0 Å². The molecule has 7 nitrogen and oxygen atoms in total. The summed E-state index contributed by atoms with van der Waals surface area (Å²) in [5, 5.41) is 12.8. The first kappa shape index (κ1) is 14.8. The zero-order valence-electron chi connectivity index (χ0n) is 13.4. The Kier molecular flexibility index (Phi) is 3.53. The lowest BCUT2D eigenvalue weighted by Gasteiger charge is -1.97. The van der Waals surface area contributed by atoms with Crippen molar-refractivity contribution in [1.82, 2.24) is 25.3 Å². The third-order valence-corrected chi connectivity index (χ3v) is 4.32. The molecular weight excluding hydrogens is 324 g/mol. The Morgan fingerprint density at radius 1 is 1.04 bits per heavy atom. The molecular formula is C16H15N6OS+. The smallest absolute Gasteiger partial charge is 0.411 e. The van der Waals surface area contributed by atoms with E-state index in [-0.39, 0.29) is 0 Å². The zero-order valence-corrected chi connectivity index (χ0v) is 14.3. The Hall–Kier alpha value is -2.74. The van der Waals surface area contributed by atoms with E-state index in [0.717, 1.165) is 22.1 Å². The van der Waals surface area contributed by atoms with Crippen molar-refractivity contribution in [3.8, 4) is 11.5 Å². The molecule has 0 spiro atoms. The van der Waals surface area contributed by atoms with Gasteiger partial charge in [0.15, 0.2) is 5.03 Å². The molecule has 0 radical (unpaired) electrons. The molecule has 0 aliphatic heterocycles. The fourth-order valence-corrected chi connectivity index (χ4v) is 3.16. The number of aromatic amines is 1. The monoisotopic (exact) mass is 339 g/mol. The predicted octanol–water partition coefficient (Wildman–Crippen LogP) is 2.67. The lowest BCUT2D eigenvalue weighted by Crippen LogP contribution is -2.27. The molecule has 0 atom stereocenters. The van der Waals surface area contributed by atoms with Crippen LogP contribution in [0, 0.1) is 20.8 Å². The molecule has 0 saturated heterocycles. The normalized spacial score (nSPS) is 11.3. The van der Waals surface area contributed by atoms with Crippen LogP contribution in [-0.2, 0) is 0 Å². The van der Waals surface area contributed by atoms with Crippen molar-refractivity contribution in [2.75, 3.05) is 0 Å². The maximum absolute atomic E-state index is 5.78. The molecule has 8 heteroatoms. The van der Waals surface area contributed by atoms with Gasteiger partial charge in [0.1, 0.15) is 5.69 Å². The van der Waals surface area contributed by atoms with E-state index in [0.29, 0.717) is 16.9 Å². The Morgan fingerprint density at radius 3 is 2.62 bits per heavy atom. The number of H-pyrrole nitrogens is 1. The van der Waals surface area contributed by atoms with E-state index in [1.165, 1.54) is 17.3 Å². The van der Waals surface area contributed by atoms with Gasteiger partial charge in [-0.2, -0.15) is 0 Å². The summed E-state index contributed by atoms with van der Waals surface area (Å²) >= 11 is 1.37. The summed E-state index contributed by atoms with van der Waals surface area (Å²) in [6.45, 7) is 5.86. The third kappa shape index (κ3) is 2.76. The van der Waals surface area contributed by atoms with E-state index in [9.17, 15) is 0 Å². The largest absolute Gasteiger partial charge is 0.458 e. The highest BCUT2D eigenvalue weighted by molar-refractivity contribution is 7.98. The highest BCUT2D eigenvalue weighted by Gasteiger charge is 2.19. The van der Waals surface area contributed by atoms with Gasteiger partial charge in [-0.15, -0.1) is 14.7 Å². The van der Waals surface area contributed by atoms with Crippen LogP contribution in [0.15, 0.2) is 45.0 Å². The molecule has 0 aliphatic carbocycles. The van der Waals surface area contributed by atoms with Crippen LogP contribution in [0.2, 0.25) is 0 Å². The Morgan fingerprint density at radius 2 is 1.83 bits per heavy atom. The number of benzene rings is 1. The van der Waals surface area contributed by atoms with Crippen molar-refractivity contribution in [3.05, 3.63) is 47.4 Å². The highest BCUT2D eigenvalue weighted by atomic mass is 32.2. The zero-order chi connectivity index (χ0) is 16.7. The number of nitrogens with zero attached hydrogens (tertiary/aromatic N) is 5. The number of nitrogens with one attached hydrogen (secondary N) is 1. The molecule has 4 rings (SSSR count). The van der Waals surface area contributed by atoms with Crippen molar-refractivity contribution in [3.63, 3.8) is 0 Å². The minimum absolute atomic E-state index is 0.470. The Balaban J connectivity index is 1.68. The van der Waals surface area contributed by atoms with E-state index < -0.39 is 0 Å². The minimum Gasteiger partial charge on any atom is -0.411 e. The molecule has 3 heterocycles. The maximum Gasteiger partial charge on any atom is 0.458 e. The molecule has 0 saturated carbocycles. The van der Waals surface area contributed by atoms with E-state index >= 15 is 0 Å². The van der Waals surface area contributed by atoms with Gasteiger partial charge in [-0.25, -0.2) is 5.10 Å². The van der Waals surface area contributed by atoms with Crippen LogP contribution in [0.4, 0.5) is 0 Å². The number of hydrogen-bond acceptors (Lipinski definition) is 6. The van der Waals surface area contributed by atoms with Crippen LogP contribution >= 0.6 is 11.8 Å². The van der Waals surface area contributed by atoms with Crippen molar-refractivity contribution < 1.29 is 8.93 Å². The van der Waals surface area contributed by atoms with Crippen LogP contribution in [0.1, 0.15) is 17.1 Å². The van der Waals surface area contributed by atoms with Gasteiger partial charge in [0, 0.05) is 30.3 Å². The second-order valence-corrected chi connectivity index (χ2v) is 6.49. The lowest BCUT2D eigenvalue weighted by atomic mass is 10.1. The Labute approximate surface area is 142 Å². The summed E-state index contributed by atoms with van der Waals surface area (Å²) in [5.41, 5.74) is 2.97. The molecule has 0 bridgehead atoms. The molecule has 1 N–H and O–H groups in total. The fourth-order valence-electron chi connectivity index (χ4n) is 2.33. The molecule has 1 aromatic carbocycles. The molecule has 24 heavy (non-hydrogen) atoms. The van der Waals surface area contributed by atoms with E-state index in [1.807, 2.05) is 55.6 Å². The number of aromatic nitrogens is 6. The first-order valence-electron chi connectivity index (χ1n) is 7.43. The first-order valence-corrected chi connectivity index (χ1v) is 8.24. The van der Waals surface area contributed by atoms with Crippen LogP contribution in [0.3, 0.4) is 0 Å². The average molecular weight is 339 g/mol. The van der Waals surface area contributed by atoms with Crippen LogP contribution in [-0.4, -0.2) is 25.3 Å². The maximum atomic E-state index is 5.78.